The molecule has 0 aliphatic carbocycles. The van der Waals surface area contributed by atoms with Crippen LogP contribution in [0.5, 0.6) is 0 Å². The van der Waals surface area contributed by atoms with Crippen molar-refractivity contribution in [3.63, 3.8) is 0 Å². The summed E-state index contributed by atoms with van der Waals surface area (Å²) in [6, 6.07) is 10.7. The Balaban J connectivity index is 2.27. The van der Waals surface area contributed by atoms with Crippen LogP contribution in [0, 0.1) is 6.92 Å². The highest BCUT2D eigenvalue weighted by Crippen LogP contribution is 2.26. The van der Waals surface area contributed by atoms with Gasteiger partial charge in [-0.2, -0.15) is 0 Å². The topological polar surface area (TPSA) is 26.0 Å². The van der Waals surface area contributed by atoms with Gasteiger partial charge in [-0.25, -0.2) is 0 Å². The van der Waals surface area contributed by atoms with Crippen LogP contribution >= 0.6 is 11.3 Å². The van der Waals surface area contributed by atoms with E-state index in [1.54, 1.807) is 11.3 Å². The predicted molar refractivity (Wildman–Crippen MR) is 70.9 cm³/mol. The van der Waals surface area contributed by atoms with Crippen LogP contribution in [-0.4, -0.2) is 0 Å². The van der Waals surface area contributed by atoms with Crippen LogP contribution in [0.3, 0.4) is 0 Å². The summed E-state index contributed by atoms with van der Waals surface area (Å²) in [5.74, 6) is 0. The van der Waals surface area contributed by atoms with Crippen molar-refractivity contribution in [3.05, 3.63) is 57.3 Å². The molecule has 0 radical (unpaired) electrons. The van der Waals surface area contributed by atoms with Crippen LogP contribution in [0.25, 0.3) is 0 Å². The molecule has 0 saturated heterocycles. The average Bonchev–Trinajstić information content (AvgIpc) is 2.75. The quantitative estimate of drug-likeness (QED) is 0.857. The van der Waals surface area contributed by atoms with E-state index in [0.29, 0.717) is 0 Å². The number of hydrogen-bond acceptors (Lipinski definition) is 2. The Kier molecular flexibility index (Phi) is 3.42. The van der Waals surface area contributed by atoms with Crippen molar-refractivity contribution in [1.82, 2.24) is 0 Å². The molecule has 0 bridgehead atoms. The van der Waals surface area contributed by atoms with Gasteiger partial charge in [-0.15, -0.1) is 11.3 Å². The summed E-state index contributed by atoms with van der Waals surface area (Å²) < 4.78 is 0. The number of aryl methyl sites for hydroxylation is 2. The zero-order valence-corrected chi connectivity index (χ0v) is 10.6. The number of nitrogens with two attached hydrogens (primary N) is 1. The first-order valence-corrected chi connectivity index (χ1v) is 6.48. The zero-order valence-electron chi connectivity index (χ0n) is 9.73. The highest BCUT2D eigenvalue weighted by Gasteiger charge is 2.11. The lowest BCUT2D eigenvalue weighted by molar-refractivity contribution is 0.867. The van der Waals surface area contributed by atoms with E-state index in [-0.39, 0.29) is 6.04 Å². The van der Waals surface area contributed by atoms with Crippen molar-refractivity contribution < 1.29 is 0 Å². The van der Waals surface area contributed by atoms with Crippen molar-refractivity contribution in [1.29, 1.82) is 0 Å². The van der Waals surface area contributed by atoms with Gasteiger partial charge >= 0.3 is 0 Å². The number of thiophene rings is 1. The number of benzene rings is 1. The van der Waals surface area contributed by atoms with Gasteiger partial charge in [0, 0.05) is 4.88 Å². The first-order chi connectivity index (χ1) is 7.72. The number of rotatable bonds is 3. The Morgan fingerprint density at radius 3 is 2.38 bits per heavy atom. The van der Waals surface area contributed by atoms with Gasteiger partial charge in [0.25, 0.3) is 0 Å². The molecule has 0 saturated carbocycles. The average molecular weight is 231 g/mol. The minimum Gasteiger partial charge on any atom is -0.320 e. The first kappa shape index (κ1) is 11.4. The van der Waals surface area contributed by atoms with Crippen LogP contribution in [0.2, 0.25) is 0 Å². The largest absolute Gasteiger partial charge is 0.320 e. The molecule has 0 fully saturated rings. The third kappa shape index (κ3) is 2.18. The summed E-state index contributed by atoms with van der Waals surface area (Å²) >= 11 is 1.76. The molecule has 16 heavy (non-hydrogen) atoms. The van der Waals surface area contributed by atoms with Crippen LogP contribution in [0.1, 0.15) is 34.5 Å². The van der Waals surface area contributed by atoms with Crippen LogP contribution in [-0.2, 0) is 6.42 Å². The predicted octanol–water partition coefficient (Wildman–Crippen LogP) is 3.67. The van der Waals surface area contributed by atoms with Gasteiger partial charge in [0.1, 0.15) is 0 Å². The molecule has 1 unspecified atom stereocenters. The molecule has 0 aliphatic heterocycles. The van der Waals surface area contributed by atoms with Gasteiger partial charge in [-0.05, 0) is 41.5 Å². The van der Waals surface area contributed by atoms with Gasteiger partial charge in [-0.3, -0.25) is 0 Å². The summed E-state index contributed by atoms with van der Waals surface area (Å²) in [6.45, 7) is 4.29. The molecular weight excluding hydrogens is 214 g/mol. The molecule has 2 rings (SSSR count). The molecule has 0 amide bonds. The molecule has 2 aromatic rings. The minimum absolute atomic E-state index is 0.0113. The van der Waals surface area contributed by atoms with Gasteiger partial charge < -0.3 is 5.73 Å². The molecule has 1 aromatic heterocycles. The summed E-state index contributed by atoms with van der Waals surface area (Å²) in [4.78, 5) is 1.31. The van der Waals surface area contributed by atoms with Crippen molar-refractivity contribution in [2.45, 2.75) is 26.3 Å². The molecule has 2 heteroatoms. The first-order valence-electron chi connectivity index (χ1n) is 5.60. The summed E-state index contributed by atoms with van der Waals surface area (Å²) in [5, 5.41) is 2.10. The lowest BCUT2D eigenvalue weighted by Crippen LogP contribution is -2.11. The van der Waals surface area contributed by atoms with Gasteiger partial charge in [0.05, 0.1) is 6.04 Å². The second-order valence-electron chi connectivity index (χ2n) is 4.00. The monoisotopic (exact) mass is 231 g/mol. The normalized spacial score (nSPS) is 12.7. The standard InChI is InChI=1S/C14H17NS/c1-3-11-4-6-12(7-5-11)14(15)13-8-9-16-10(13)2/h4-9,14H,3,15H2,1-2H3. The fraction of sp³-hybridized carbons (Fsp3) is 0.286. The van der Waals surface area contributed by atoms with Crippen LogP contribution < -0.4 is 5.73 Å². The Labute approximate surface area is 101 Å². The SMILES string of the molecule is CCc1ccc(C(N)c2ccsc2C)cc1. The van der Waals surface area contributed by atoms with Gasteiger partial charge in [0.15, 0.2) is 0 Å². The third-order valence-electron chi connectivity index (χ3n) is 2.98. The maximum atomic E-state index is 6.26. The van der Waals surface area contributed by atoms with E-state index in [9.17, 15) is 0 Å². The second kappa shape index (κ2) is 4.81. The van der Waals surface area contributed by atoms with E-state index in [1.807, 2.05) is 0 Å². The highest BCUT2D eigenvalue weighted by atomic mass is 32.1. The smallest absolute Gasteiger partial charge is 0.0562 e. The molecule has 1 heterocycles. The highest BCUT2D eigenvalue weighted by molar-refractivity contribution is 7.10. The van der Waals surface area contributed by atoms with Gasteiger partial charge in [0.2, 0.25) is 0 Å². The molecule has 1 aromatic carbocycles. The van der Waals surface area contributed by atoms with Crippen molar-refractivity contribution >= 4 is 11.3 Å². The lowest BCUT2D eigenvalue weighted by atomic mass is 9.99. The molecule has 2 N–H and O–H groups in total. The van der Waals surface area contributed by atoms with E-state index in [4.69, 9.17) is 5.73 Å². The Morgan fingerprint density at radius 1 is 1.19 bits per heavy atom. The maximum absolute atomic E-state index is 6.26. The molecule has 1 atom stereocenters. The maximum Gasteiger partial charge on any atom is 0.0562 e. The molecular formula is C14H17NS. The van der Waals surface area contributed by atoms with Crippen molar-refractivity contribution in [3.8, 4) is 0 Å². The fourth-order valence-corrected chi connectivity index (χ4v) is 2.61. The zero-order chi connectivity index (χ0) is 11.5. The summed E-state index contributed by atoms with van der Waals surface area (Å²) in [6.07, 6.45) is 1.08. The second-order valence-corrected chi connectivity index (χ2v) is 5.13. The lowest BCUT2D eigenvalue weighted by Gasteiger charge is -2.12. The van der Waals surface area contributed by atoms with Crippen LogP contribution in [0.4, 0.5) is 0 Å². The van der Waals surface area contributed by atoms with E-state index in [2.05, 4.69) is 49.6 Å². The Morgan fingerprint density at radius 2 is 1.88 bits per heavy atom. The van der Waals surface area contributed by atoms with E-state index >= 15 is 0 Å². The fourth-order valence-electron chi connectivity index (χ4n) is 1.86. The van der Waals surface area contributed by atoms with Gasteiger partial charge in [-0.1, -0.05) is 31.2 Å². The third-order valence-corrected chi connectivity index (χ3v) is 3.84. The molecule has 0 spiro atoms. The van der Waals surface area contributed by atoms with E-state index < -0.39 is 0 Å². The van der Waals surface area contributed by atoms with E-state index in [1.165, 1.54) is 21.6 Å². The van der Waals surface area contributed by atoms with E-state index in [0.717, 1.165) is 6.42 Å². The molecule has 1 nitrogen and oxygen atoms in total. The molecule has 84 valence electrons. The minimum atomic E-state index is 0.0113. The number of hydrogen-bond donors (Lipinski definition) is 1. The Bertz CT molecular complexity index is 456. The van der Waals surface area contributed by atoms with Crippen molar-refractivity contribution in [2.24, 2.45) is 5.73 Å². The summed E-state index contributed by atoms with van der Waals surface area (Å²) in [5.41, 5.74) is 10.1. The van der Waals surface area contributed by atoms with Crippen molar-refractivity contribution in [2.75, 3.05) is 0 Å². The Hall–Kier alpha value is -1.12. The summed E-state index contributed by atoms with van der Waals surface area (Å²) in [7, 11) is 0. The van der Waals surface area contributed by atoms with Crippen LogP contribution in [0.15, 0.2) is 35.7 Å². The molecule has 0 aliphatic rings.